The zero-order chi connectivity index (χ0) is 21.2. The summed E-state index contributed by atoms with van der Waals surface area (Å²) in [6.45, 7) is 6.92. The lowest BCUT2D eigenvalue weighted by Crippen LogP contribution is -2.64. The highest BCUT2D eigenvalue weighted by atomic mass is 16.2. The number of nitrogens with one attached hydrogen (secondary N) is 1. The number of benzene rings is 1. The molecule has 0 radical (unpaired) electrons. The molecular weight excluding hydrogens is 382 g/mol. The number of hydrogen-bond acceptors (Lipinski definition) is 3. The van der Waals surface area contributed by atoms with Crippen LogP contribution >= 0.6 is 0 Å². The highest BCUT2D eigenvalue weighted by molar-refractivity contribution is 5.93. The summed E-state index contributed by atoms with van der Waals surface area (Å²) in [6.07, 6.45) is 9.64. The number of amides is 1. The summed E-state index contributed by atoms with van der Waals surface area (Å²) < 4.78 is 0. The second-order valence-corrected chi connectivity index (χ2v) is 12.4. The van der Waals surface area contributed by atoms with E-state index >= 15 is 0 Å². The molecule has 2 unspecified atom stereocenters. The minimum absolute atomic E-state index is 0.0304. The van der Waals surface area contributed by atoms with Crippen molar-refractivity contribution < 1.29 is 4.79 Å². The summed E-state index contributed by atoms with van der Waals surface area (Å²) in [7, 11) is 0. The van der Waals surface area contributed by atoms with Crippen molar-refractivity contribution in [3.63, 3.8) is 0 Å². The third-order valence-electron chi connectivity index (χ3n) is 10.7. The molecule has 1 aromatic heterocycles. The van der Waals surface area contributed by atoms with Crippen LogP contribution in [0, 0.1) is 23.2 Å². The Morgan fingerprint density at radius 1 is 0.871 bits per heavy atom. The van der Waals surface area contributed by atoms with Gasteiger partial charge in [0.1, 0.15) is 0 Å². The zero-order valence-electron chi connectivity index (χ0n) is 19.0. The van der Waals surface area contributed by atoms with Gasteiger partial charge in [0.15, 0.2) is 0 Å². The molecule has 0 spiro atoms. The summed E-state index contributed by atoms with van der Waals surface area (Å²) in [4.78, 5) is 24.6. The topological polar surface area (TPSA) is 54.9 Å². The average molecular weight is 416 g/mol. The summed E-state index contributed by atoms with van der Waals surface area (Å²) >= 11 is 0. The van der Waals surface area contributed by atoms with E-state index in [2.05, 4.69) is 26.1 Å². The van der Waals surface area contributed by atoms with Gasteiger partial charge >= 0.3 is 0 Å². The first-order chi connectivity index (χ1) is 14.8. The monoisotopic (exact) mass is 415 g/mol. The Bertz CT molecular complexity index is 1100. The van der Waals surface area contributed by atoms with Crippen LogP contribution in [0.2, 0.25) is 0 Å². The second kappa shape index (κ2) is 5.50. The van der Waals surface area contributed by atoms with E-state index in [0.29, 0.717) is 0 Å². The van der Waals surface area contributed by atoms with Crippen LogP contribution in [0.4, 0.5) is 0 Å². The maximum Gasteiger partial charge on any atom is 0.233 e. The largest absolute Gasteiger partial charge is 0.350 e. The molecule has 5 saturated carbocycles. The summed E-state index contributed by atoms with van der Waals surface area (Å²) in [6, 6.07) is 8.13. The highest BCUT2D eigenvalue weighted by Gasteiger charge is 2.73. The van der Waals surface area contributed by atoms with E-state index in [0.717, 1.165) is 53.0 Å². The molecule has 0 saturated heterocycles. The van der Waals surface area contributed by atoms with Crippen LogP contribution < -0.4 is 5.32 Å². The smallest absolute Gasteiger partial charge is 0.233 e. The van der Waals surface area contributed by atoms with Crippen molar-refractivity contribution in [3.8, 4) is 0 Å². The number of carbonyl (C=O) groups is 1. The van der Waals surface area contributed by atoms with Gasteiger partial charge in [-0.15, -0.1) is 0 Å². The third-order valence-corrected chi connectivity index (χ3v) is 10.7. The van der Waals surface area contributed by atoms with E-state index in [1.165, 1.54) is 38.5 Å². The third kappa shape index (κ3) is 2.06. The van der Waals surface area contributed by atoms with Crippen LogP contribution in [0.3, 0.4) is 0 Å². The number of aromatic nitrogens is 2. The van der Waals surface area contributed by atoms with Gasteiger partial charge < -0.3 is 5.32 Å². The van der Waals surface area contributed by atoms with Crippen molar-refractivity contribution in [1.82, 2.24) is 15.3 Å². The summed E-state index contributed by atoms with van der Waals surface area (Å²) in [5.74, 6) is 2.72. The van der Waals surface area contributed by atoms with Gasteiger partial charge in [0.25, 0.3) is 0 Å². The van der Waals surface area contributed by atoms with Gasteiger partial charge in [-0.2, -0.15) is 0 Å². The number of carbonyl (C=O) groups excluding carboxylic acids is 1. The lowest BCUT2D eigenvalue weighted by atomic mass is 9.52. The van der Waals surface area contributed by atoms with Gasteiger partial charge in [-0.25, -0.2) is 9.97 Å². The molecule has 1 amide bonds. The minimum Gasteiger partial charge on any atom is -0.350 e. The standard InChI is InChI=1S/C27H33N3O/c1-24(2)25(3)8-9-27(24,22-21(25)28-19-6-4-5-7-20(19)29-22)23(31)30-26-13-16-10-17(14-26)12-18(11-16)15-26/h4-7,16-18H,8-15H2,1-3H3,(H,30,31). The molecule has 1 aromatic carbocycles. The van der Waals surface area contributed by atoms with E-state index in [9.17, 15) is 4.79 Å². The zero-order valence-corrected chi connectivity index (χ0v) is 19.0. The molecule has 4 nitrogen and oxygen atoms in total. The number of fused-ring (bicyclic) bond motifs is 6. The molecule has 6 bridgehead atoms. The van der Waals surface area contributed by atoms with Gasteiger partial charge in [0.05, 0.1) is 27.8 Å². The Labute approximate surface area is 184 Å². The molecule has 6 aliphatic carbocycles. The minimum atomic E-state index is -0.572. The predicted molar refractivity (Wildman–Crippen MR) is 121 cm³/mol. The van der Waals surface area contributed by atoms with Crippen molar-refractivity contribution in [2.45, 2.75) is 88.5 Å². The Morgan fingerprint density at radius 2 is 1.42 bits per heavy atom. The number of hydrogen-bond donors (Lipinski definition) is 1. The van der Waals surface area contributed by atoms with Crippen LogP contribution in [0.15, 0.2) is 24.3 Å². The summed E-state index contributed by atoms with van der Waals surface area (Å²) in [5.41, 5.74) is 3.04. The van der Waals surface area contributed by atoms with E-state index in [-0.39, 0.29) is 22.3 Å². The lowest BCUT2D eigenvalue weighted by Gasteiger charge is -2.57. The molecule has 0 aliphatic heterocycles. The van der Waals surface area contributed by atoms with Gasteiger partial charge in [0, 0.05) is 11.0 Å². The molecule has 1 heterocycles. The molecule has 31 heavy (non-hydrogen) atoms. The van der Waals surface area contributed by atoms with Crippen molar-refractivity contribution in [3.05, 3.63) is 35.7 Å². The first-order valence-corrected chi connectivity index (χ1v) is 12.4. The average Bonchev–Trinajstić information content (AvgIpc) is 3.00. The van der Waals surface area contributed by atoms with Gasteiger partial charge in [-0.1, -0.05) is 32.9 Å². The first-order valence-electron chi connectivity index (χ1n) is 12.4. The fourth-order valence-electron chi connectivity index (χ4n) is 9.16. The maximum absolute atomic E-state index is 14.4. The van der Waals surface area contributed by atoms with Gasteiger partial charge in [-0.3, -0.25) is 4.79 Å². The SMILES string of the molecule is CC12CCC(C(=O)NC34CC5CC(CC(C5)C3)C4)(c3nc4ccccc4nc31)C2(C)C. The molecule has 5 fully saturated rings. The van der Waals surface area contributed by atoms with Crippen LogP contribution in [0.5, 0.6) is 0 Å². The number of nitrogens with zero attached hydrogens (tertiary/aromatic N) is 2. The molecule has 8 rings (SSSR count). The first kappa shape index (κ1) is 18.6. The van der Waals surface area contributed by atoms with Crippen molar-refractivity contribution in [1.29, 1.82) is 0 Å². The highest BCUT2D eigenvalue weighted by Crippen LogP contribution is 2.70. The van der Waals surface area contributed by atoms with E-state index in [1.807, 2.05) is 24.3 Å². The molecular formula is C27H33N3O. The number of rotatable bonds is 2. The Morgan fingerprint density at radius 3 is 2.00 bits per heavy atom. The molecule has 4 heteroatoms. The van der Waals surface area contributed by atoms with Crippen molar-refractivity contribution >= 4 is 16.9 Å². The van der Waals surface area contributed by atoms with Crippen LogP contribution in [-0.2, 0) is 15.6 Å². The van der Waals surface area contributed by atoms with Gasteiger partial charge in [0.2, 0.25) is 5.91 Å². The fraction of sp³-hybridized carbons (Fsp3) is 0.667. The van der Waals surface area contributed by atoms with Crippen LogP contribution in [-0.4, -0.2) is 21.4 Å². The normalized spacial score (nSPS) is 43.4. The maximum atomic E-state index is 14.4. The predicted octanol–water partition coefficient (Wildman–Crippen LogP) is 5.04. The second-order valence-electron chi connectivity index (χ2n) is 12.4. The quantitative estimate of drug-likeness (QED) is 0.747. The van der Waals surface area contributed by atoms with E-state index in [4.69, 9.17) is 9.97 Å². The Balaban J connectivity index is 1.35. The van der Waals surface area contributed by atoms with E-state index < -0.39 is 5.41 Å². The fourth-order valence-corrected chi connectivity index (χ4v) is 9.16. The van der Waals surface area contributed by atoms with Crippen molar-refractivity contribution in [2.24, 2.45) is 23.2 Å². The van der Waals surface area contributed by atoms with Gasteiger partial charge in [-0.05, 0) is 86.7 Å². The van der Waals surface area contributed by atoms with Crippen molar-refractivity contribution in [2.75, 3.05) is 0 Å². The van der Waals surface area contributed by atoms with Crippen LogP contribution in [0.25, 0.3) is 11.0 Å². The molecule has 2 aromatic rings. The molecule has 6 aliphatic rings. The lowest BCUT2D eigenvalue weighted by molar-refractivity contribution is -0.136. The van der Waals surface area contributed by atoms with E-state index in [1.54, 1.807) is 0 Å². The Kier molecular flexibility index (Phi) is 3.30. The molecule has 162 valence electrons. The number of para-hydroxylation sites is 2. The summed E-state index contributed by atoms with van der Waals surface area (Å²) in [5, 5.41) is 3.74. The van der Waals surface area contributed by atoms with Crippen LogP contribution in [0.1, 0.15) is 83.5 Å². The molecule has 2 atom stereocenters. The molecule has 1 N–H and O–H groups in total. The Hall–Kier alpha value is -1.97.